The van der Waals surface area contributed by atoms with Crippen molar-refractivity contribution in [2.45, 2.75) is 0 Å². The molecular formula is C22H22N4O3. The normalized spacial score (nSPS) is 15.0. The largest absolute Gasteiger partial charge is 0.476 e. The molecule has 0 aliphatic carbocycles. The molecule has 0 saturated carbocycles. The molecule has 1 aliphatic rings. The molecule has 1 aliphatic heterocycles. The van der Waals surface area contributed by atoms with Crippen LogP contribution in [0.1, 0.15) is 0 Å². The van der Waals surface area contributed by atoms with Crippen molar-refractivity contribution in [2.75, 3.05) is 44.8 Å². The molecule has 7 nitrogen and oxygen atoms in total. The van der Waals surface area contributed by atoms with Crippen LogP contribution in [0.25, 0.3) is 21.9 Å². The number of benzene rings is 2. The minimum Gasteiger partial charge on any atom is -0.476 e. The molecule has 0 atom stereocenters. The molecule has 3 heterocycles. The number of rotatable bonds is 6. The van der Waals surface area contributed by atoms with Gasteiger partial charge < -0.3 is 13.9 Å². The Balaban J connectivity index is 1.37. The highest BCUT2D eigenvalue weighted by Crippen LogP contribution is 2.28. The Morgan fingerprint density at radius 2 is 1.83 bits per heavy atom. The number of ether oxygens (including phenoxy) is 2. The second-order valence-electron chi connectivity index (χ2n) is 6.95. The van der Waals surface area contributed by atoms with Crippen LogP contribution in [0.15, 0.2) is 59.0 Å². The summed E-state index contributed by atoms with van der Waals surface area (Å²) >= 11 is 0. The van der Waals surface area contributed by atoms with E-state index in [4.69, 9.17) is 13.9 Å². The minimum absolute atomic E-state index is 0.448. The molecule has 1 fully saturated rings. The van der Waals surface area contributed by atoms with Crippen LogP contribution in [0.3, 0.4) is 0 Å². The number of hydrogen-bond acceptors (Lipinski definition) is 7. The lowest BCUT2D eigenvalue weighted by Crippen LogP contribution is -2.38. The lowest BCUT2D eigenvalue weighted by molar-refractivity contribution is 0.0321. The predicted molar refractivity (Wildman–Crippen MR) is 112 cm³/mol. The molecule has 148 valence electrons. The number of furan rings is 1. The fraction of sp³-hybridized carbons (Fsp3) is 0.273. The van der Waals surface area contributed by atoms with Gasteiger partial charge in [-0.05, 0) is 18.2 Å². The van der Waals surface area contributed by atoms with E-state index in [1.165, 1.54) is 0 Å². The number of anilines is 2. The molecule has 29 heavy (non-hydrogen) atoms. The van der Waals surface area contributed by atoms with Gasteiger partial charge in [-0.15, -0.1) is 0 Å². The van der Waals surface area contributed by atoms with Crippen molar-refractivity contribution in [1.82, 2.24) is 14.9 Å². The molecular weight excluding hydrogens is 368 g/mol. The van der Waals surface area contributed by atoms with Crippen LogP contribution in [0.5, 0.6) is 5.88 Å². The van der Waals surface area contributed by atoms with E-state index in [1.54, 1.807) is 0 Å². The molecule has 1 N–H and O–H groups in total. The highest BCUT2D eigenvalue weighted by atomic mass is 16.5. The Morgan fingerprint density at radius 1 is 1.00 bits per heavy atom. The van der Waals surface area contributed by atoms with E-state index < -0.39 is 0 Å². The van der Waals surface area contributed by atoms with Crippen molar-refractivity contribution in [3.05, 3.63) is 54.6 Å². The van der Waals surface area contributed by atoms with Gasteiger partial charge in [-0.2, -0.15) is 4.98 Å². The Hall–Kier alpha value is -3.16. The van der Waals surface area contributed by atoms with Gasteiger partial charge in [0.15, 0.2) is 0 Å². The molecule has 7 heteroatoms. The zero-order chi connectivity index (χ0) is 19.5. The molecule has 0 unspecified atom stereocenters. The van der Waals surface area contributed by atoms with Crippen LogP contribution in [0.4, 0.5) is 11.8 Å². The van der Waals surface area contributed by atoms with E-state index in [1.807, 2.05) is 54.6 Å². The molecule has 0 amide bonds. The summed E-state index contributed by atoms with van der Waals surface area (Å²) in [6, 6.07) is 17.7. The van der Waals surface area contributed by atoms with Crippen LogP contribution in [0, 0.1) is 0 Å². The highest BCUT2D eigenvalue weighted by molar-refractivity contribution is 5.85. The topological polar surface area (TPSA) is 72.7 Å². The van der Waals surface area contributed by atoms with Crippen LogP contribution in [-0.4, -0.2) is 54.3 Å². The van der Waals surface area contributed by atoms with E-state index in [0.29, 0.717) is 24.3 Å². The van der Waals surface area contributed by atoms with Gasteiger partial charge in [0.1, 0.15) is 12.2 Å². The number of aromatic nitrogens is 2. The van der Waals surface area contributed by atoms with E-state index in [2.05, 4.69) is 20.2 Å². The van der Waals surface area contributed by atoms with Gasteiger partial charge in [0, 0.05) is 31.1 Å². The summed E-state index contributed by atoms with van der Waals surface area (Å²) in [6.07, 6.45) is 0. The van der Waals surface area contributed by atoms with Crippen LogP contribution < -0.4 is 10.1 Å². The standard InChI is InChI=1S/C22H22N4O3/c1-4-8-19-16(5-1)15-20(29-19)24-22-23-18-7-3-2-6-17(18)21(25-22)28-14-11-26-9-12-27-13-10-26/h1-8,15H,9-14H2,(H,23,24,25). The van der Waals surface area contributed by atoms with E-state index in [9.17, 15) is 0 Å². The summed E-state index contributed by atoms with van der Waals surface area (Å²) in [7, 11) is 0. The van der Waals surface area contributed by atoms with Gasteiger partial charge in [0.25, 0.3) is 0 Å². The molecule has 0 radical (unpaired) electrons. The summed E-state index contributed by atoms with van der Waals surface area (Å²) in [5.74, 6) is 1.62. The maximum atomic E-state index is 6.06. The molecule has 1 saturated heterocycles. The third kappa shape index (κ3) is 4.01. The molecule has 4 aromatic rings. The average molecular weight is 390 g/mol. The van der Waals surface area contributed by atoms with Gasteiger partial charge >= 0.3 is 0 Å². The van der Waals surface area contributed by atoms with Crippen molar-refractivity contribution < 1.29 is 13.9 Å². The lowest BCUT2D eigenvalue weighted by Gasteiger charge is -2.26. The number of morpholine rings is 1. The Bertz CT molecular complexity index is 1090. The molecule has 2 aromatic heterocycles. The summed E-state index contributed by atoms with van der Waals surface area (Å²) in [4.78, 5) is 11.5. The first-order valence-corrected chi connectivity index (χ1v) is 9.80. The minimum atomic E-state index is 0.448. The van der Waals surface area contributed by atoms with Crippen molar-refractivity contribution >= 4 is 33.7 Å². The second-order valence-corrected chi connectivity index (χ2v) is 6.95. The van der Waals surface area contributed by atoms with Gasteiger partial charge in [-0.3, -0.25) is 10.2 Å². The zero-order valence-electron chi connectivity index (χ0n) is 16.0. The van der Waals surface area contributed by atoms with Crippen LogP contribution in [-0.2, 0) is 4.74 Å². The number of para-hydroxylation sites is 2. The summed E-state index contributed by atoms with van der Waals surface area (Å²) < 4.78 is 17.3. The molecule has 0 spiro atoms. The SMILES string of the molecule is c1ccc2oc(Nc3nc(OCCN4CCOCC4)c4ccccc4n3)cc2c1. The maximum absolute atomic E-state index is 6.06. The summed E-state index contributed by atoms with van der Waals surface area (Å²) in [5, 5.41) is 5.09. The van der Waals surface area contributed by atoms with Gasteiger partial charge in [0.2, 0.25) is 17.7 Å². The number of nitrogens with zero attached hydrogens (tertiary/aromatic N) is 3. The second kappa shape index (κ2) is 8.06. The first-order chi connectivity index (χ1) is 14.3. The number of fused-ring (bicyclic) bond motifs is 2. The molecule has 0 bridgehead atoms. The summed E-state index contributed by atoms with van der Waals surface area (Å²) in [5.41, 5.74) is 1.64. The smallest absolute Gasteiger partial charge is 0.233 e. The average Bonchev–Trinajstić information content (AvgIpc) is 3.17. The van der Waals surface area contributed by atoms with E-state index in [0.717, 1.165) is 54.7 Å². The molecule has 2 aromatic carbocycles. The fourth-order valence-corrected chi connectivity index (χ4v) is 3.46. The maximum Gasteiger partial charge on any atom is 0.233 e. The van der Waals surface area contributed by atoms with Gasteiger partial charge in [-0.1, -0.05) is 30.3 Å². The van der Waals surface area contributed by atoms with E-state index >= 15 is 0 Å². The monoisotopic (exact) mass is 390 g/mol. The first kappa shape index (κ1) is 17.9. The quantitative estimate of drug-likeness (QED) is 0.536. The third-order valence-electron chi connectivity index (χ3n) is 4.98. The van der Waals surface area contributed by atoms with Gasteiger partial charge in [0.05, 0.1) is 24.1 Å². The Kier molecular flexibility index (Phi) is 4.98. The van der Waals surface area contributed by atoms with Crippen molar-refractivity contribution in [1.29, 1.82) is 0 Å². The third-order valence-corrected chi connectivity index (χ3v) is 4.98. The van der Waals surface area contributed by atoms with Crippen LogP contribution >= 0.6 is 0 Å². The number of nitrogens with one attached hydrogen (secondary N) is 1. The van der Waals surface area contributed by atoms with Gasteiger partial charge in [-0.25, -0.2) is 4.98 Å². The molecule has 5 rings (SSSR count). The highest BCUT2D eigenvalue weighted by Gasteiger charge is 2.13. The van der Waals surface area contributed by atoms with E-state index in [-0.39, 0.29) is 0 Å². The van der Waals surface area contributed by atoms with Crippen molar-refractivity contribution in [3.63, 3.8) is 0 Å². The van der Waals surface area contributed by atoms with Crippen LogP contribution in [0.2, 0.25) is 0 Å². The zero-order valence-corrected chi connectivity index (χ0v) is 16.0. The number of hydrogen-bond donors (Lipinski definition) is 1. The van der Waals surface area contributed by atoms with Crippen molar-refractivity contribution in [3.8, 4) is 5.88 Å². The Morgan fingerprint density at radius 3 is 2.72 bits per heavy atom. The van der Waals surface area contributed by atoms with Crippen molar-refractivity contribution in [2.24, 2.45) is 0 Å². The lowest BCUT2D eigenvalue weighted by atomic mass is 10.2. The predicted octanol–water partition coefficient (Wildman–Crippen LogP) is 3.83. The fourth-order valence-electron chi connectivity index (χ4n) is 3.46. The first-order valence-electron chi connectivity index (χ1n) is 9.80. The Labute approximate surface area is 168 Å². The summed E-state index contributed by atoms with van der Waals surface area (Å²) in [6.45, 7) is 4.84.